The highest BCUT2D eigenvalue weighted by atomic mass is 16.3. The van der Waals surface area contributed by atoms with Gasteiger partial charge in [-0.15, -0.1) is 0 Å². The van der Waals surface area contributed by atoms with Crippen LogP contribution in [0.3, 0.4) is 0 Å². The molecule has 13 heavy (non-hydrogen) atoms. The summed E-state index contributed by atoms with van der Waals surface area (Å²) in [5.74, 6) is 3.62. The summed E-state index contributed by atoms with van der Waals surface area (Å²) in [6, 6.07) is 0. The molecule has 1 N–H and O–H groups in total. The van der Waals surface area contributed by atoms with Gasteiger partial charge >= 0.3 is 0 Å². The highest BCUT2D eigenvalue weighted by Gasteiger charge is 2.47. The SMILES string of the molecule is OC1CCC2CCC3CCCC1C32. The summed E-state index contributed by atoms with van der Waals surface area (Å²) in [4.78, 5) is 0. The van der Waals surface area contributed by atoms with E-state index in [1.54, 1.807) is 0 Å². The molecule has 74 valence electrons. The average molecular weight is 180 g/mol. The number of hydrogen-bond donors (Lipinski definition) is 1. The van der Waals surface area contributed by atoms with Crippen molar-refractivity contribution in [3.63, 3.8) is 0 Å². The van der Waals surface area contributed by atoms with Gasteiger partial charge in [-0.1, -0.05) is 12.8 Å². The number of aliphatic hydroxyl groups excluding tert-OH is 1. The minimum absolute atomic E-state index is 0.0575. The molecule has 0 aliphatic heterocycles. The molecule has 0 bridgehead atoms. The van der Waals surface area contributed by atoms with Crippen LogP contribution in [0.25, 0.3) is 0 Å². The molecule has 0 spiro atoms. The van der Waals surface area contributed by atoms with Gasteiger partial charge in [0, 0.05) is 0 Å². The lowest BCUT2D eigenvalue weighted by atomic mass is 9.64. The molecular formula is C12H20O. The zero-order valence-corrected chi connectivity index (χ0v) is 8.28. The molecule has 3 rings (SSSR count). The molecule has 3 aliphatic carbocycles. The van der Waals surface area contributed by atoms with E-state index in [0.717, 1.165) is 24.2 Å². The molecule has 5 atom stereocenters. The molecule has 0 aromatic rings. The van der Waals surface area contributed by atoms with E-state index in [-0.39, 0.29) is 6.10 Å². The average Bonchev–Trinajstić information content (AvgIpc) is 2.57. The quantitative estimate of drug-likeness (QED) is 0.607. The van der Waals surface area contributed by atoms with Crippen LogP contribution in [0.2, 0.25) is 0 Å². The van der Waals surface area contributed by atoms with Crippen LogP contribution in [0.15, 0.2) is 0 Å². The maximum absolute atomic E-state index is 9.97. The topological polar surface area (TPSA) is 20.2 Å². The zero-order valence-electron chi connectivity index (χ0n) is 8.28. The van der Waals surface area contributed by atoms with Gasteiger partial charge in [0.25, 0.3) is 0 Å². The summed E-state index contributed by atoms with van der Waals surface area (Å²) < 4.78 is 0. The van der Waals surface area contributed by atoms with E-state index in [1.165, 1.54) is 38.5 Å². The second-order valence-corrected chi connectivity index (χ2v) is 5.41. The summed E-state index contributed by atoms with van der Waals surface area (Å²) in [5.41, 5.74) is 0. The molecule has 0 saturated heterocycles. The molecule has 1 nitrogen and oxygen atoms in total. The fourth-order valence-electron chi connectivity index (χ4n) is 4.43. The minimum Gasteiger partial charge on any atom is -0.393 e. The Balaban J connectivity index is 1.86. The molecule has 3 fully saturated rings. The van der Waals surface area contributed by atoms with Gasteiger partial charge in [0.05, 0.1) is 6.10 Å². The maximum Gasteiger partial charge on any atom is 0.0571 e. The van der Waals surface area contributed by atoms with Crippen molar-refractivity contribution in [2.45, 2.75) is 51.0 Å². The van der Waals surface area contributed by atoms with Crippen molar-refractivity contribution in [3.05, 3.63) is 0 Å². The summed E-state index contributed by atoms with van der Waals surface area (Å²) >= 11 is 0. The first-order chi connectivity index (χ1) is 6.36. The molecule has 0 aromatic carbocycles. The van der Waals surface area contributed by atoms with Crippen LogP contribution in [0.1, 0.15) is 44.9 Å². The monoisotopic (exact) mass is 180 g/mol. The van der Waals surface area contributed by atoms with Crippen molar-refractivity contribution in [2.75, 3.05) is 0 Å². The van der Waals surface area contributed by atoms with Crippen LogP contribution in [0, 0.1) is 23.7 Å². The van der Waals surface area contributed by atoms with E-state index >= 15 is 0 Å². The van der Waals surface area contributed by atoms with Crippen LogP contribution in [-0.4, -0.2) is 11.2 Å². The summed E-state index contributed by atoms with van der Waals surface area (Å²) in [6.07, 6.45) is 9.58. The van der Waals surface area contributed by atoms with Gasteiger partial charge in [0.15, 0.2) is 0 Å². The summed E-state index contributed by atoms with van der Waals surface area (Å²) in [5, 5.41) is 9.97. The molecule has 3 saturated carbocycles. The Morgan fingerprint density at radius 2 is 1.46 bits per heavy atom. The maximum atomic E-state index is 9.97. The van der Waals surface area contributed by atoms with Crippen LogP contribution < -0.4 is 0 Å². The van der Waals surface area contributed by atoms with Gasteiger partial charge in [-0.3, -0.25) is 0 Å². The van der Waals surface area contributed by atoms with Gasteiger partial charge in [-0.25, -0.2) is 0 Å². The van der Waals surface area contributed by atoms with Crippen LogP contribution in [0.5, 0.6) is 0 Å². The van der Waals surface area contributed by atoms with Gasteiger partial charge < -0.3 is 5.11 Å². The van der Waals surface area contributed by atoms with Crippen molar-refractivity contribution < 1.29 is 5.11 Å². The Bertz CT molecular complexity index is 195. The predicted molar refractivity (Wildman–Crippen MR) is 52.3 cm³/mol. The lowest BCUT2D eigenvalue weighted by Gasteiger charge is -2.43. The first-order valence-electron chi connectivity index (χ1n) is 6.04. The molecule has 5 unspecified atom stereocenters. The van der Waals surface area contributed by atoms with Gasteiger partial charge in [0.2, 0.25) is 0 Å². The Morgan fingerprint density at radius 3 is 2.31 bits per heavy atom. The lowest BCUT2D eigenvalue weighted by molar-refractivity contribution is -0.0237. The molecule has 0 radical (unpaired) electrons. The van der Waals surface area contributed by atoms with Crippen molar-refractivity contribution >= 4 is 0 Å². The van der Waals surface area contributed by atoms with Gasteiger partial charge in [-0.05, 0) is 55.8 Å². The van der Waals surface area contributed by atoms with Crippen molar-refractivity contribution in [3.8, 4) is 0 Å². The third-order valence-corrected chi connectivity index (χ3v) is 4.93. The Hall–Kier alpha value is -0.0400. The predicted octanol–water partition coefficient (Wildman–Crippen LogP) is 2.58. The minimum atomic E-state index is 0.0575. The molecule has 0 heterocycles. The van der Waals surface area contributed by atoms with Gasteiger partial charge in [0.1, 0.15) is 0 Å². The molecule has 3 aliphatic rings. The first-order valence-corrected chi connectivity index (χ1v) is 6.04. The third-order valence-electron chi connectivity index (χ3n) is 4.93. The molecule has 1 heteroatoms. The largest absolute Gasteiger partial charge is 0.393 e. The van der Waals surface area contributed by atoms with E-state index < -0.39 is 0 Å². The normalized spacial score (nSPS) is 54.7. The second-order valence-electron chi connectivity index (χ2n) is 5.41. The van der Waals surface area contributed by atoms with Crippen molar-refractivity contribution in [2.24, 2.45) is 23.7 Å². The number of rotatable bonds is 0. The lowest BCUT2D eigenvalue weighted by Crippen LogP contribution is -2.40. The number of aliphatic hydroxyl groups is 1. The highest BCUT2D eigenvalue weighted by Crippen LogP contribution is 2.54. The van der Waals surface area contributed by atoms with E-state index in [1.807, 2.05) is 0 Å². The molecule has 0 aromatic heterocycles. The van der Waals surface area contributed by atoms with E-state index in [2.05, 4.69) is 0 Å². The van der Waals surface area contributed by atoms with Crippen LogP contribution in [0.4, 0.5) is 0 Å². The Morgan fingerprint density at radius 1 is 0.769 bits per heavy atom. The van der Waals surface area contributed by atoms with E-state index in [4.69, 9.17) is 0 Å². The van der Waals surface area contributed by atoms with Crippen LogP contribution >= 0.6 is 0 Å². The second kappa shape index (κ2) is 2.98. The fraction of sp³-hybridized carbons (Fsp3) is 1.00. The smallest absolute Gasteiger partial charge is 0.0571 e. The number of hydrogen-bond acceptors (Lipinski definition) is 1. The molecular weight excluding hydrogens is 160 g/mol. The summed E-state index contributed by atoms with van der Waals surface area (Å²) in [7, 11) is 0. The summed E-state index contributed by atoms with van der Waals surface area (Å²) in [6.45, 7) is 0. The van der Waals surface area contributed by atoms with Crippen molar-refractivity contribution in [1.29, 1.82) is 0 Å². The molecule has 0 amide bonds. The Kier molecular flexibility index (Phi) is 1.90. The zero-order chi connectivity index (χ0) is 8.84. The van der Waals surface area contributed by atoms with E-state index in [9.17, 15) is 5.11 Å². The highest BCUT2D eigenvalue weighted by molar-refractivity contribution is 4.97. The Labute approximate surface area is 80.5 Å². The first kappa shape index (κ1) is 8.28. The fourth-order valence-corrected chi connectivity index (χ4v) is 4.43. The van der Waals surface area contributed by atoms with Crippen molar-refractivity contribution in [1.82, 2.24) is 0 Å². The standard InChI is InChI=1S/C12H20O/c13-11-7-6-9-5-4-8-2-1-3-10(11)12(8)9/h8-13H,1-7H2. The van der Waals surface area contributed by atoms with Crippen LogP contribution in [-0.2, 0) is 0 Å². The van der Waals surface area contributed by atoms with E-state index in [0.29, 0.717) is 5.92 Å². The van der Waals surface area contributed by atoms with Gasteiger partial charge in [-0.2, -0.15) is 0 Å². The third kappa shape index (κ3) is 1.16.